The molecule has 1 amide bonds. The molecular formula is C20H23FN6O. The van der Waals surface area contributed by atoms with Crippen LogP contribution >= 0.6 is 0 Å². The summed E-state index contributed by atoms with van der Waals surface area (Å²) in [7, 11) is 1.89. The lowest BCUT2D eigenvalue weighted by Crippen LogP contribution is -2.49. The molecule has 3 heterocycles. The molecule has 8 heteroatoms. The van der Waals surface area contributed by atoms with E-state index >= 15 is 0 Å². The van der Waals surface area contributed by atoms with Crippen molar-refractivity contribution in [3.63, 3.8) is 0 Å². The topological polar surface area (TPSA) is 70.1 Å². The van der Waals surface area contributed by atoms with E-state index in [0.29, 0.717) is 37.6 Å². The van der Waals surface area contributed by atoms with E-state index in [1.807, 2.05) is 36.5 Å². The molecule has 0 radical (unpaired) electrons. The number of aromatic nitrogens is 4. The van der Waals surface area contributed by atoms with Crippen LogP contribution < -0.4 is 4.90 Å². The van der Waals surface area contributed by atoms with Crippen molar-refractivity contribution in [3.8, 4) is 11.3 Å². The average molecular weight is 382 g/mol. The second-order valence-corrected chi connectivity index (χ2v) is 7.07. The maximum atomic E-state index is 14.0. The Hall–Kier alpha value is -3.16. The number of nitrogens with zero attached hydrogens (tertiary/aromatic N) is 5. The quantitative estimate of drug-likeness (QED) is 0.756. The van der Waals surface area contributed by atoms with Gasteiger partial charge in [-0.15, -0.1) is 0 Å². The number of anilines is 1. The fourth-order valence-electron chi connectivity index (χ4n) is 3.73. The predicted octanol–water partition coefficient (Wildman–Crippen LogP) is 2.53. The first-order chi connectivity index (χ1) is 13.5. The molecule has 1 aliphatic rings. The summed E-state index contributed by atoms with van der Waals surface area (Å²) in [6, 6.07) is 8.52. The first kappa shape index (κ1) is 18.2. The van der Waals surface area contributed by atoms with Crippen LogP contribution in [0.1, 0.15) is 21.9 Å². The van der Waals surface area contributed by atoms with E-state index in [4.69, 9.17) is 0 Å². The third kappa shape index (κ3) is 3.15. The number of hydrogen-bond donors (Lipinski definition) is 1. The molecule has 1 aliphatic heterocycles. The van der Waals surface area contributed by atoms with Gasteiger partial charge in [-0.1, -0.05) is 12.1 Å². The number of halogens is 1. The number of piperazine rings is 1. The molecule has 0 aliphatic carbocycles. The van der Waals surface area contributed by atoms with Gasteiger partial charge in [0.15, 0.2) is 0 Å². The Morgan fingerprint density at radius 3 is 2.50 bits per heavy atom. The number of hydrogen-bond acceptors (Lipinski definition) is 4. The molecular weight excluding hydrogens is 359 g/mol. The zero-order valence-electron chi connectivity index (χ0n) is 16.2. The fourth-order valence-corrected chi connectivity index (χ4v) is 3.73. The third-order valence-corrected chi connectivity index (χ3v) is 5.33. The van der Waals surface area contributed by atoms with Crippen molar-refractivity contribution in [3.05, 3.63) is 53.2 Å². The van der Waals surface area contributed by atoms with Gasteiger partial charge >= 0.3 is 0 Å². The number of benzene rings is 1. The number of nitrogens with one attached hydrogen (secondary N) is 1. The number of aryl methyl sites for hydroxylation is 2. The molecule has 0 atom stereocenters. The number of aromatic amines is 1. The Balaban J connectivity index is 1.46. The van der Waals surface area contributed by atoms with Gasteiger partial charge in [-0.2, -0.15) is 10.2 Å². The van der Waals surface area contributed by atoms with E-state index in [1.165, 1.54) is 6.07 Å². The summed E-state index contributed by atoms with van der Waals surface area (Å²) < 4.78 is 15.8. The second kappa shape index (κ2) is 7.10. The van der Waals surface area contributed by atoms with Gasteiger partial charge < -0.3 is 9.80 Å². The SMILES string of the molecule is Cc1nn(C)c(C)c1-c1cc(C(=O)N2CCN(c3ccccc3F)CC2)[nH]n1. The van der Waals surface area contributed by atoms with Crippen molar-refractivity contribution >= 4 is 11.6 Å². The lowest BCUT2D eigenvalue weighted by molar-refractivity contribution is 0.0740. The van der Waals surface area contributed by atoms with Crippen LogP contribution in [0.3, 0.4) is 0 Å². The number of para-hydroxylation sites is 1. The van der Waals surface area contributed by atoms with Crippen LogP contribution in [0, 0.1) is 19.7 Å². The molecule has 1 N–H and O–H groups in total. The first-order valence-electron chi connectivity index (χ1n) is 9.30. The number of carbonyl (C=O) groups excluding carboxylic acids is 1. The van der Waals surface area contributed by atoms with Gasteiger partial charge in [0.1, 0.15) is 11.5 Å². The lowest BCUT2D eigenvalue weighted by Gasteiger charge is -2.36. The molecule has 7 nitrogen and oxygen atoms in total. The molecule has 0 unspecified atom stereocenters. The molecule has 2 aromatic heterocycles. The van der Waals surface area contributed by atoms with Crippen LogP contribution in [0.4, 0.5) is 10.1 Å². The highest BCUT2D eigenvalue weighted by atomic mass is 19.1. The maximum absolute atomic E-state index is 14.0. The fraction of sp³-hybridized carbons (Fsp3) is 0.350. The van der Waals surface area contributed by atoms with Crippen molar-refractivity contribution < 1.29 is 9.18 Å². The molecule has 1 fully saturated rings. The first-order valence-corrected chi connectivity index (χ1v) is 9.30. The summed E-state index contributed by atoms with van der Waals surface area (Å²) in [6.45, 7) is 6.16. The largest absolute Gasteiger partial charge is 0.366 e. The van der Waals surface area contributed by atoms with Crippen LogP contribution in [0.2, 0.25) is 0 Å². The average Bonchev–Trinajstić information content (AvgIpc) is 3.26. The number of carbonyl (C=O) groups is 1. The van der Waals surface area contributed by atoms with Gasteiger partial charge in [0.05, 0.1) is 17.1 Å². The van der Waals surface area contributed by atoms with E-state index in [9.17, 15) is 9.18 Å². The molecule has 4 rings (SSSR count). The van der Waals surface area contributed by atoms with Crippen molar-refractivity contribution in [2.24, 2.45) is 7.05 Å². The summed E-state index contributed by atoms with van der Waals surface area (Å²) in [5.74, 6) is -0.325. The molecule has 28 heavy (non-hydrogen) atoms. The highest BCUT2D eigenvalue weighted by Gasteiger charge is 2.25. The Labute approximate surface area is 162 Å². The van der Waals surface area contributed by atoms with Crippen LogP contribution in [0.25, 0.3) is 11.3 Å². The van der Waals surface area contributed by atoms with Crippen molar-refractivity contribution in [2.45, 2.75) is 13.8 Å². The van der Waals surface area contributed by atoms with Crippen molar-refractivity contribution in [2.75, 3.05) is 31.1 Å². The highest BCUT2D eigenvalue weighted by Crippen LogP contribution is 2.26. The standard InChI is InChI=1S/C20H23FN6O/c1-13-19(14(2)25(3)24-13)16-12-17(23-22-16)20(28)27-10-8-26(9-11-27)18-7-5-4-6-15(18)21/h4-7,12H,8-11H2,1-3H3,(H,22,23). The predicted molar refractivity (Wildman–Crippen MR) is 105 cm³/mol. The van der Waals surface area contributed by atoms with Crippen LogP contribution in [0.5, 0.6) is 0 Å². The van der Waals surface area contributed by atoms with Gasteiger partial charge in [-0.3, -0.25) is 14.6 Å². The lowest BCUT2D eigenvalue weighted by atomic mass is 10.1. The molecule has 1 aromatic carbocycles. The van der Waals surface area contributed by atoms with Gasteiger partial charge in [0, 0.05) is 44.5 Å². The van der Waals surface area contributed by atoms with Crippen molar-refractivity contribution in [1.29, 1.82) is 0 Å². The Bertz CT molecular complexity index is 1020. The minimum Gasteiger partial charge on any atom is -0.366 e. The summed E-state index contributed by atoms with van der Waals surface area (Å²) in [5.41, 5.74) is 4.59. The maximum Gasteiger partial charge on any atom is 0.272 e. The van der Waals surface area contributed by atoms with Gasteiger partial charge in [-0.25, -0.2) is 4.39 Å². The highest BCUT2D eigenvalue weighted by molar-refractivity contribution is 5.93. The molecule has 0 saturated carbocycles. The minimum absolute atomic E-state index is 0.0915. The van der Waals surface area contributed by atoms with Gasteiger partial charge in [0.2, 0.25) is 0 Å². The van der Waals surface area contributed by atoms with Crippen LogP contribution in [0.15, 0.2) is 30.3 Å². The summed E-state index contributed by atoms with van der Waals surface area (Å²) in [6.07, 6.45) is 0. The summed E-state index contributed by atoms with van der Waals surface area (Å²) >= 11 is 0. The number of amides is 1. The zero-order chi connectivity index (χ0) is 19.8. The van der Waals surface area contributed by atoms with Crippen molar-refractivity contribution in [1.82, 2.24) is 24.9 Å². The molecule has 0 bridgehead atoms. The van der Waals surface area contributed by atoms with Crippen LogP contribution in [-0.2, 0) is 7.05 Å². The summed E-state index contributed by atoms with van der Waals surface area (Å²) in [4.78, 5) is 16.6. The summed E-state index contributed by atoms with van der Waals surface area (Å²) in [5, 5.41) is 11.6. The van der Waals surface area contributed by atoms with Gasteiger partial charge in [-0.05, 0) is 32.0 Å². The minimum atomic E-state index is -0.234. The van der Waals surface area contributed by atoms with Crippen LogP contribution in [-0.4, -0.2) is 57.0 Å². The van der Waals surface area contributed by atoms with Gasteiger partial charge in [0.25, 0.3) is 5.91 Å². The Kier molecular flexibility index (Phi) is 4.62. The normalized spacial score (nSPS) is 14.6. The van der Waals surface area contributed by atoms with E-state index in [1.54, 1.807) is 23.1 Å². The third-order valence-electron chi connectivity index (χ3n) is 5.33. The Morgan fingerprint density at radius 1 is 1.14 bits per heavy atom. The second-order valence-electron chi connectivity index (χ2n) is 7.07. The molecule has 0 spiro atoms. The van der Waals surface area contributed by atoms with E-state index in [0.717, 1.165) is 22.6 Å². The number of rotatable bonds is 3. The van der Waals surface area contributed by atoms with E-state index in [2.05, 4.69) is 15.3 Å². The van der Waals surface area contributed by atoms with E-state index in [-0.39, 0.29) is 11.7 Å². The Morgan fingerprint density at radius 2 is 1.86 bits per heavy atom. The van der Waals surface area contributed by atoms with E-state index < -0.39 is 0 Å². The molecule has 1 saturated heterocycles. The smallest absolute Gasteiger partial charge is 0.272 e. The molecule has 3 aromatic rings. The zero-order valence-corrected chi connectivity index (χ0v) is 16.2. The monoisotopic (exact) mass is 382 g/mol. The molecule has 146 valence electrons. The number of H-pyrrole nitrogens is 1.